The van der Waals surface area contributed by atoms with Crippen molar-refractivity contribution in [2.24, 2.45) is 0 Å². The molecule has 3 fully saturated rings. The van der Waals surface area contributed by atoms with Crippen molar-refractivity contribution < 1.29 is 4.79 Å². The summed E-state index contributed by atoms with van der Waals surface area (Å²) in [6.07, 6.45) is 11.7. The summed E-state index contributed by atoms with van der Waals surface area (Å²) in [6.45, 7) is 0.758. The number of rotatable bonds is 2. The van der Waals surface area contributed by atoms with E-state index in [9.17, 15) is 4.79 Å². The fraction of sp³-hybridized carbons (Fsp3) is 0.650. The molecular formula is C20H28N2O. The van der Waals surface area contributed by atoms with Crippen LogP contribution in [-0.2, 0) is 11.3 Å². The zero-order valence-electron chi connectivity index (χ0n) is 14.0. The second-order valence-corrected chi connectivity index (χ2v) is 7.74. The summed E-state index contributed by atoms with van der Waals surface area (Å²) in [4.78, 5) is 15.6. The van der Waals surface area contributed by atoms with E-state index >= 15 is 0 Å². The van der Waals surface area contributed by atoms with Gasteiger partial charge in [0.1, 0.15) is 0 Å². The van der Waals surface area contributed by atoms with Crippen LogP contribution >= 0.6 is 0 Å². The van der Waals surface area contributed by atoms with Gasteiger partial charge in [0.15, 0.2) is 0 Å². The second kappa shape index (κ2) is 5.94. The minimum atomic E-state index is -0.260. The number of carbonyl (C=O) groups excluding carboxylic acids is 1. The van der Waals surface area contributed by atoms with Crippen LogP contribution in [0, 0.1) is 0 Å². The van der Waals surface area contributed by atoms with Crippen molar-refractivity contribution >= 4 is 5.91 Å². The predicted molar refractivity (Wildman–Crippen MR) is 91.8 cm³/mol. The van der Waals surface area contributed by atoms with Crippen LogP contribution in [0.25, 0.3) is 0 Å². The van der Waals surface area contributed by atoms with Gasteiger partial charge in [-0.3, -0.25) is 10.1 Å². The topological polar surface area (TPSA) is 32.3 Å². The van der Waals surface area contributed by atoms with Crippen molar-refractivity contribution in [3.63, 3.8) is 0 Å². The Bertz CT molecular complexity index is 556. The largest absolute Gasteiger partial charge is 0.318 e. The van der Waals surface area contributed by atoms with E-state index in [0.717, 1.165) is 32.2 Å². The van der Waals surface area contributed by atoms with E-state index in [1.165, 1.54) is 44.1 Å². The first-order valence-corrected chi connectivity index (χ1v) is 9.40. The molecule has 0 radical (unpaired) electrons. The molecule has 0 atom stereocenters. The Kier molecular flexibility index (Phi) is 3.92. The maximum Gasteiger partial charge on any atom is 0.244 e. The standard InChI is InChI=1S/C20H28N2O/c23-18-19(12-6-2-7-13-19)21-20(14-8-3-9-15-20)22(18)16-17-10-4-1-5-11-17/h1,4-5,10-11,21H,2-3,6-9,12-16H2. The van der Waals surface area contributed by atoms with E-state index < -0.39 is 0 Å². The highest BCUT2D eigenvalue weighted by atomic mass is 16.2. The van der Waals surface area contributed by atoms with Gasteiger partial charge >= 0.3 is 0 Å². The van der Waals surface area contributed by atoms with Gasteiger partial charge in [0, 0.05) is 6.54 Å². The van der Waals surface area contributed by atoms with Crippen molar-refractivity contribution in [1.29, 1.82) is 0 Å². The number of hydrogen-bond donors (Lipinski definition) is 1. The smallest absolute Gasteiger partial charge is 0.244 e. The van der Waals surface area contributed by atoms with Gasteiger partial charge in [0.05, 0.1) is 11.2 Å². The van der Waals surface area contributed by atoms with Gasteiger partial charge in [0.25, 0.3) is 0 Å². The van der Waals surface area contributed by atoms with Crippen molar-refractivity contribution in [3.8, 4) is 0 Å². The summed E-state index contributed by atoms with van der Waals surface area (Å²) in [6, 6.07) is 10.5. The van der Waals surface area contributed by atoms with E-state index in [-0.39, 0.29) is 11.2 Å². The maximum absolute atomic E-state index is 13.4. The van der Waals surface area contributed by atoms with Gasteiger partial charge in [-0.2, -0.15) is 0 Å². The number of nitrogens with one attached hydrogen (secondary N) is 1. The Morgan fingerprint density at radius 1 is 0.870 bits per heavy atom. The van der Waals surface area contributed by atoms with Crippen LogP contribution < -0.4 is 5.32 Å². The molecule has 1 N–H and O–H groups in total. The first kappa shape index (κ1) is 15.2. The van der Waals surface area contributed by atoms with Crippen molar-refractivity contribution in [2.45, 2.75) is 82.0 Å². The maximum atomic E-state index is 13.4. The van der Waals surface area contributed by atoms with Crippen LogP contribution in [0.3, 0.4) is 0 Å². The first-order chi connectivity index (χ1) is 11.2. The van der Waals surface area contributed by atoms with Crippen molar-refractivity contribution in [3.05, 3.63) is 35.9 Å². The van der Waals surface area contributed by atoms with Crippen LogP contribution in [-0.4, -0.2) is 22.0 Å². The van der Waals surface area contributed by atoms with Gasteiger partial charge in [-0.15, -0.1) is 0 Å². The molecule has 0 unspecified atom stereocenters. The highest BCUT2D eigenvalue weighted by molar-refractivity contribution is 5.89. The molecule has 2 saturated carbocycles. The monoisotopic (exact) mass is 312 g/mol. The molecule has 23 heavy (non-hydrogen) atoms. The highest BCUT2D eigenvalue weighted by Gasteiger charge is 2.58. The number of hydrogen-bond acceptors (Lipinski definition) is 2. The van der Waals surface area contributed by atoms with Crippen LogP contribution in [0.5, 0.6) is 0 Å². The van der Waals surface area contributed by atoms with E-state index in [4.69, 9.17) is 0 Å². The summed E-state index contributed by atoms with van der Waals surface area (Å²) in [5.74, 6) is 0.378. The minimum absolute atomic E-state index is 0.0808. The quantitative estimate of drug-likeness (QED) is 0.896. The molecule has 1 aliphatic heterocycles. The zero-order chi connectivity index (χ0) is 15.8. The third kappa shape index (κ3) is 2.59. The molecule has 1 aromatic carbocycles. The van der Waals surface area contributed by atoms with Crippen molar-refractivity contribution in [2.75, 3.05) is 0 Å². The van der Waals surface area contributed by atoms with Gasteiger partial charge in [0.2, 0.25) is 5.91 Å². The Balaban J connectivity index is 1.66. The molecular weight excluding hydrogens is 284 g/mol. The van der Waals surface area contributed by atoms with Gasteiger partial charge in [-0.05, 0) is 44.1 Å². The molecule has 124 valence electrons. The minimum Gasteiger partial charge on any atom is -0.318 e. The molecule has 3 nitrogen and oxygen atoms in total. The van der Waals surface area contributed by atoms with Crippen LogP contribution in [0.1, 0.15) is 69.8 Å². The summed E-state index contributed by atoms with van der Waals surface area (Å²) >= 11 is 0. The summed E-state index contributed by atoms with van der Waals surface area (Å²) in [5.41, 5.74) is 0.910. The second-order valence-electron chi connectivity index (χ2n) is 7.74. The summed E-state index contributed by atoms with van der Waals surface area (Å²) in [5, 5.41) is 3.92. The lowest BCUT2D eigenvalue weighted by Gasteiger charge is -2.42. The zero-order valence-corrected chi connectivity index (χ0v) is 14.0. The third-order valence-corrected chi connectivity index (χ3v) is 6.21. The fourth-order valence-corrected chi connectivity index (χ4v) is 5.03. The molecule has 3 heteroatoms. The van der Waals surface area contributed by atoms with E-state index in [2.05, 4.69) is 34.5 Å². The number of carbonyl (C=O) groups is 1. The van der Waals surface area contributed by atoms with E-state index in [1.807, 2.05) is 6.07 Å². The van der Waals surface area contributed by atoms with Crippen molar-refractivity contribution in [1.82, 2.24) is 10.2 Å². The molecule has 1 heterocycles. The Labute approximate surface area is 139 Å². The lowest BCUT2D eigenvalue weighted by molar-refractivity contribution is -0.137. The highest BCUT2D eigenvalue weighted by Crippen LogP contribution is 2.45. The fourth-order valence-electron chi connectivity index (χ4n) is 5.03. The summed E-state index contributed by atoms with van der Waals surface area (Å²) in [7, 11) is 0. The van der Waals surface area contributed by atoms with E-state index in [1.54, 1.807) is 0 Å². The molecule has 2 spiro atoms. The summed E-state index contributed by atoms with van der Waals surface area (Å²) < 4.78 is 0. The third-order valence-electron chi connectivity index (χ3n) is 6.21. The molecule has 0 bridgehead atoms. The SMILES string of the molecule is O=C1N(Cc2ccccc2)C2(CCCCC2)NC12CCCCC2. The van der Waals surface area contributed by atoms with Crippen LogP contribution in [0.4, 0.5) is 0 Å². The number of amides is 1. The molecule has 0 aromatic heterocycles. The molecule has 2 aliphatic carbocycles. The average molecular weight is 312 g/mol. The van der Waals surface area contributed by atoms with Crippen LogP contribution in [0.2, 0.25) is 0 Å². The normalized spacial score (nSPS) is 26.1. The van der Waals surface area contributed by atoms with Gasteiger partial charge in [-0.1, -0.05) is 56.0 Å². The van der Waals surface area contributed by atoms with Crippen LogP contribution in [0.15, 0.2) is 30.3 Å². The Morgan fingerprint density at radius 3 is 2.13 bits per heavy atom. The molecule has 1 amide bonds. The molecule has 1 aromatic rings. The molecule has 3 aliphatic rings. The van der Waals surface area contributed by atoms with Gasteiger partial charge < -0.3 is 4.90 Å². The number of benzene rings is 1. The van der Waals surface area contributed by atoms with E-state index in [0.29, 0.717) is 5.91 Å². The number of nitrogens with zero attached hydrogens (tertiary/aromatic N) is 1. The lowest BCUT2D eigenvalue weighted by atomic mass is 9.81. The van der Waals surface area contributed by atoms with Gasteiger partial charge in [-0.25, -0.2) is 0 Å². The molecule has 1 saturated heterocycles. The average Bonchev–Trinajstić information content (AvgIpc) is 2.80. The Hall–Kier alpha value is -1.35. The lowest BCUT2D eigenvalue weighted by Crippen LogP contribution is -2.56. The molecule has 4 rings (SSSR count). The first-order valence-electron chi connectivity index (χ1n) is 9.40. The Morgan fingerprint density at radius 2 is 1.48 bits per heavy atom. The predicted octanol–water partition coefficient (Wildman–Crippen LogP) is 3.98.